The van der Waals surface area contributed by atoms with Gasteiger partial charge in [0.15, 0.2) is 0 Å². The molecule has 0 saturated carbocycles. The molecule has 2 aromatic heterocycles. The Kier molecular flexibility index (Phi) is 2.00. The summed E-state index contributed by atoms with van der Waals surface area (Å²) in [7, 11) is 0. The Balaban J connectivity index is 2.29. The predicted molar refractivity (Wildman–Crippen MR) is 65.8 cm³/mol. The summed E-state index contributed by atoms with van der Waals surface area (Å²) in [4.78, 5) is 4.57. The number of para-hydroxylation sites is 1. The number of pyridine rings is 1. The van der Waals surface area contributed by atoms with Crippen molar-refractivity contribution in [3.63, 3.8) is 0 Å². The third-order valence-electron chi connectivity index (χ3n) is 2.71. The van der Waals surface area contributed by atoms with Crippen LogP contribution in [0.4, 0.5) is 0 Å². The van der Waals surface area contributed by atoms with Crippen LogP contribution in [-0.4, -0.2) is 9.55 Å². The van der Waals surface area contributed by atoms with Crippen LogP contribution in [0.2, 0.25) is 0 Å². The Morgan fingerprint density at radius 1 is 0.938 bits per heavy atom. The maximum Gasteiger partial charge on any atom is 0.144 e. The van der Waals surface area contributed by atoms with E-state index in [1.807, 2.05) is 31.2 Å². The molecule has 0 fully saturated rings. The van der Waals surface area contributed by atoms with E-state index in [2.05, 4.69) is 40.0 Å². The molecule has 0 aliphatic carbocycles. The van der Waals surface area contributed by atoms with Crippen LogP contribution in [0.5, 0.6) is 0 Å². The van der Waals surface area contributed by atoms with Gasteiger partial charge in [-0.2, -0.15) is 0 Å². The predicted octanol–water partition coefficient (Wildman–Crippen LogP) is 3.33. The molecule has 2 heteroatoms. The van der Waals surface area contributed by atoms with Crippen LogP contribution in [0.25, 0.3) is 16.7 Å². The van der Waals surface area contributed by atoms with Gasteiger partial charge in [-0.15, -0.1) is 0 Å². The van der Waals surface area contributed by atoms with E-state index >= 15 is 0 Å². The number of hydrogen-bond donors (Lipinski definition) is 0. The smallest absolute Gasteiger partial charge is 0.144 e. The molecule has 0 amide bonds. The van der Waals surface area contributed by atoms with E-state index in [1.165, 1.54) is 5.39 Å². The van der Waals surface area contributed by atoms with Crippen molar-refractivity contribution in [1.82, 2.24) is 9.55 Å². The molecule has 0 unspecified atom stereocenters. The van der Waals surface area contributed by atoms with Crippen LogP contribution in [0, 0.1) is 6.92 Å². The Morgan fingerprint density at radius 2 is 1.75 bits per heavy atom. The molecule has 0 aliphatic rings. The lowest BCUT2D eigenvalue weighted by atomic mass is 10.3. The molecule has 0 saturated heterocycles. The van der Waals surface area contributed by atoms with Gasteiger partial charge >= 0.3 is 0 Å². The zero-order valence-corrected chi connectivity index (χ0v) is 9.09. The summed E-state index contributed by atoms with van der Waals surface area (Å²) in [6.07, 6.45) is 2.06. The van der Waals surface area contributed by atoms with Crippen molar-refractivity contribution in [3.05, 3.63) is 60.4 Å². The van der Waals surface area contributed by atoms with Gasteiger partial charge < -0.3 is 4.57 Å². The Hall–Kier alpha value is -2.09. The first kappa shape index (κ1) is 9.16. The lowest BCUT2D eigenvalue weighted by molar-refractivity contribution is 1.08. The fourth-order valence-electron chi connectivity index (χ4n) is 1.90. The number of fused-ring (bicyclic) bond motifs is 1. The molecule has 78 valence electrons. The van der Waals surface area contributed by atoms with Gasteiger partial charge in [0.2, 0.25) is 0 Å². The van der Waals surface area contributed by atoms with Gasteiger partial charge in [-0.1, -0.05) is 18.2 Å². The van der Waals surface area contributed by atoms with E-state index in [0.29, 0.717) is 0 Å². The second-order valence-electron chi connectivity index (χ2n) is 3.89. The van der Waals surface area contributed by atoms with Crippen molar-refractivity contribution in [2.24, 2.45) is 0 Å². The van der Waals surface area contributed by atoms with Crippen molar-refractivity contribution in [1.29, 1.82) is 0 Å². The third kappa shape index (κ3) is 1.39. The highest BCUT2D eigenvalue weighted by Crippen LogP contribution is 2.18. The van der Waals surface area contributed by atoms with Crippen LogP contribution in [-0.2, 0) is 0 Å². The fraction of sp³-hybridized carbons (Fsp3) is 0.0714. The molecule has 0 radical (unpaired) electrons. The van der Waals surface area contributed by atoms with Crippen molar-refractivity contribution in [2.75, 3.05) is 0 Å². The van der Waals surface area contributed by atoms with Gasteiger partial charge in [-0.05, 0) is 37.3 Å². The summed E-state index contributed by atoms with van der Waals surface area (Å²) in [5, 5.41) is 1.18. The van der Waals surface area contributed by atoms with Gasteiger partial charge in [0.1, 0.15) is 5.65 Å². The minimum atomic E-state index is 1.02. The van der Waals surface area contributed by atoms with E-state index < -0.39 is 0 Å². The summed E-state index contributed by atoms with van der Waals surface area (Å²) >= 11 is 0. The minimum Gasteiger partial charge on any atom is -0.301 e. The number of aryl methyl sites for hydroxylation is 1. The van der Waals surface area contributed by atoms with Crippen LogP contribution in [0.15, 0.2) is 54.7 Å². The van der Waals surface area contributed by atoms with E-state index in [0.717, 1.165) is 17.0 Å². The molecular formula is C14H12N2. The number of benzene rings is 1. The van der Waals surface area contributed by atoms with Gasteiger partial charge in [0, 0.05) is 23.0 Å². The molecule has 0 bridgehead atoms. The number of aromatic nitrogens is 2. The molecule has 3 rings (SSSR count). The number of rotatable bonds is 1. The molecule has 1 aromatic carbocycles. The molecule has 2 heterocycles. The van der Waals surface area contributed by atoms with E-state index in [4.69, 9.17) is 0 Å². The van der Waals surface area contributed by atoms with Gasteiger partial charge in [-0.25, -0.2) is 4.98 Å². The van der Waals surface area contributed by atoms with Crippen molar-refractivity contribution in [2.45, 2.75) is 6.92 Å². The number of hydrogen-bond acceptors (Lipinski definition) is 1. The first-order chi connectivity index (χ1) is 7.84. The topological polar surface area (TPSA) is 17.8 Å². The summed E-state index contributed by atoms with van der Waals surface area (Å²) < 4.78 is 2.11. The second kappa shape index (κ2) is 3.49. The van der Waals surface area contributed by atoms with Gasteiger partial charge in [0.05, 0.1) is 0 Å². The molecule has 3 aromatic rings. The zero-order chi connectivity index (χ0) is 11.0. The highest BCUT2D eigenvalue weighted by Gasteiger charge is 2.03. The molecule has 16 heavy (non-hydrogen) atoms. The van der Waals surface area contributed by atoms with Crippen molar-refractivity contribution < 1.29 is 0 Å². The molecular weight excluding hydrogens is 196 g/mol. The number of nitrogens with zero attached hydrogens (tertiary/aromatic N) is 2. The van der Waals surface area contributed by atoms with Crippen molar-refractivity contribution >= 4 is 11.0 Å². The maximum atomic E-state index is 4.57. The van der Waals surface area contributed by atoms with Crippen LogP contribution >= 0.6 is 0 Å². The monoisotopic (exact) mass is 208 g/mol. The SMILES string of the molecule is Cc1ccc2ccn(-c3ccccc3)c2n1. The Morgan fingerprint density at radius 3 is 2.56 bits per heavy atom. The lowest BCUT2D eigenvalue weighted by Gasteiger charge is -2.04. The molecule has 0 spiro atoms. The average Bonchev–Trinajstić information content (AvgIpc) is 2.73. The van der Waals surface area contributed by atoms with E-state index in [9.17, 15) is 0 Å². The average molecular weight is 208 g/mol. The first-order valence-corrected chi connectivity index (χ1v) is 5.35. The van der Waals surface area contributed by atoms with E-state index in [1.54, 1.807) is 0 Å². The van der Waals surface area contributed by atoms with Gasteiger partial charge in [-0.3, -0.25) is 0 Å². The fourth-order valence-corrected chi connectivity index (χ4v) is 1.90. The standard InChI is InChI=1S/C14H12N2/c1-11-7-8-12-9-10-16(14(12)15-11)13-5-3-2-4-6-13/h2-10H,1H3. The first-order valence-electron chi connectivity index (χ1n) is 5.35. The maximum absolute atomic E-state index is 4.57. The van der Waals surface area contributed by atoms with Crippen LogP contribution in [0.3, 0.4) is 0 Å². The highest BCUT2D eigenvalue weighted by molar-refractivity contribution is 5.78. The van der Waals surface area contributed by atoms with Crippen LogP contribution < -0.4 is 0 Å². The summed E-state index contributed by atoms with van der Waals surface area (Å²) in [5.41, 5.74) is 3.21. The van der Waals surface area contributed by atoms with Crippen molar-refractivity contribution in [3.8, 4) is 5.69 Å². The zero-order valence-electron chi connectivity index (χ0n) is 9.09. The minimum absolute atomic E-state index is 1.02. The summed E-state index contributed by atoms with van der Waals surface area (Å²) in [6, 6.07) is 16.5. The quantitative estimate of drug-likeness (QED) is 0.599. The largest absolute Gasteiger partial charge is 0.301 e. The normalized spacial score (nSPS) is 10.8. The third-order valence-corrected chi connectivity index (χ3v) is 2.71. The second-order valence-corrected chi connectivity index (χ2v) is 3.89. The van der Waals surface area contributed by atoms with Gasteiger partial charge in [0.25, 0.3) is 0 Å². The van der Waals surface area contributed by atoms with Crippen LogP contribution in [0.1, 0.15) is 5.69 Å². The molecule has 0 aliphatic heterocycles. The van der Waals surface area contributed by atoms with E-state index in [-0.39, 0.29) is 0 Å². The molecule has 0 N–H and O–H groups in total. The Bertz CT molecular complexity index is 624. The summed E-state index contributed by atoms with van der Waals surface area (Å²) in [6.45, 7) is 2.02. The Labute approximate surface area is 94.2 Å². The lowest BCUT2D eigenvalue weighted by Crippen LogP contribution is -1.93. The highest BCUT2D eigenvalue weighted by atomic mass is 15.0. The molecule has 2 nitrogen and oxygen atoms in total. The summed E-state index contributed by atoms with van der Waals surface area (Å²) in [5.74, 6) is 0. The molecule has 0 atom stereocenters.